The van der Waals surface area contributed by atoms with Gasteiger partial charge in [0.25, 0.3) is 0 Å². The van der Waals surface area contributed by atoms with Crippen LogP contribution >= 0.6 is 0 Å². The van der Waals surface area contributed by atoms with E-state index in [1.807, 2.05) is 19.9 Å². The predicted molar refractivity (Wildman–Crippen MR) is 126 cm³/mol. The summed E-state index contributed by atoms with van der Waals surface area (Å²) in [4.78, 5) is 13.9. The topological polar surface area (TPSA) is 59.0 Å². The summed E-state index contributed by atoms with van der Waals surface area (Å²) in [5.74, 6) is 1.83. The molecular formula is C27H35NO4. The van der Waals surface area contributed by atoms with E-state index >= 15 is 0 Å². The summed E-state index contributed by atoms with van der Waals surface area (Å²) in [5.41, 5.74) is 5.53. The van der Waals surface area contributed by atoms with Crippen molar-refractivity contribution in [1.29, 1.82) is 0 Å². The summed E-state index contributed by atoms with van der Waals surface area (Å²) in [5, 5.41) is 9.53. The van der Waals surface area contributed by atoms with Crippen molar-refractivity contribution in [1.82, 2.24) is 4.90 Å². The van der Waals surface area contributed by atoms with Gasteiger partial charge in [0.1, 0.15) is 18.1 Å². The first-order valence-corrected chi connectivity index (χ1v) is 11.6. The number of carboxylic acid groups (broad SMARTS) is 1. The molecule has 1 fully saturated rings. The van der Waals surface area contributed by atoms with Crippen LogP contribution in [0, 0.1) is 25.2 Å². The van der Waals surface area contributed by atoms with Crippen LogP contribution in [0.1, 0.15) is 60.4 Å². The molecule has 0 saturated carbocycles. The van der Waals surface area contributed by atoms with Gasteiger partial charge < -0.3 is 19.5 Å². The number of piperidine rings is 1. The largest absolute Gasteiger partial charge is 0.496 e. The van der Waals surface area contributed by atoms with Gasteiger partial charge in [-0.15, -0.1) is 0 Å². The lowest BCUT2D eigenvalue weighted by atomic mass is 9.73. The van der Waals surface area contributed by atoms with Gasteiger partial charge in [0.15, 0.2) is 0 Å². The number of hydrogen-bond donors (Lipinski definition) is 1. The third-order valence-electron chi connectivity index (χ3n) is 7.27. The van der Waals surface area contributed by atoms with Crippen molar-refractivity contribution in [3.8, 4) is 11.5 Å². The highest BCUT2D eigenvalue weighted by Gasteiger charge is 2.37. The van der Waals surface area contributed by atoms with E-state index in [0.29, 0.717) is 19.1 Å². The van der Waals surface area contributed by atoms with E-state index in [4.69, 9.17) is 9.47 Å². The minimum atomic E-state index is -0.735. The molecule has 2 aromatic carbocycles. The molecule has 5 heteroatoms. The molecule has 1 unspecified atom stereocenters. The fourth-order valence-electron chi connectivity index (χ4n) is 5.45. The number of nitrogens with zero attached hydrogens (tertiary/aromatic N) is 1. The van der Waals surface area contributed by atoms with Crippen LogP contribution in [-0.2, 0) is 11.4 Å². The number of rotatable bonds is 5. The SMILES string of the molecule is COc1ccc2c(c1C)C(C1CCN(CC(C)(C)C(=O)O)CC1)c1ccc(C)cc1CO2. The molecule has 2 aliphatic heterocycles. The van der Waals surface area contributed by atoms with E-state index in [1.165, 1.54) is 22.3 Å². The molecule has 1 saturated heterocycles. The molecule has 0 spiro atoms. The summed E-state index contributed by atoms with van der Waals surface area (Å²) in [7, 11) is 1.72. The molecule has 2 aliphatic rings. The molecule has 32 heavy (non-hydrogen) atoms. The maximum absolute atomic E-state index is 11.6. The van der Waals surface area contributed by atoms with Crippen molar-refractivity contribution in [2.75, 3.05) is 26.7 Å². The maximum Gasteiger partial charge on any atom is 0.310 e. The van der Waals surface area contributed by atoms with Crippen LogP contribution < -0.4 is 9.47 Å². The van der Waals surface area contributed by atoms with Gasteiger partial charge in [-0.05, 0) is 88.4 Å². The normalized spacial score (nSPS) is 19.5. The summed E-state index contributed by atoms with van der Waals surface area (Å²) in [6, 6.07) is 10.8. The van der Waals surface area contributed by atoms with Crippen LogP contribution in [-0.4, -0.2) is 42.7 Å². The van der Waals surface area contributed by atoms with Gasteiger partial charge in [-0.2, -0.15) is 0 Å². The minimum absolute atomic E-state index is 0.243. The Morgan fingerprint density at radius 3 is 2.56 bits per heavy atom. The second-order valence-corrected chi connectivity index (χ2v) is 10.1. The number of carbonyl (C=O) groups is 1. The molecule has 172 valence electrons. The Morgan fingerprint density at radius 1 is 1.19 bits per heavy atom. The molecule has 0 aliphatic carbocycles. The van der Waals surface area contributed by atoms with E-state index < -0.39 is 11.4 Å². The highest BCUT2D eigenvalue weighted by molar-refractivity contribution is 5.73. The molecule has 4 rings (SSSR count). The average Bonchev–Trinajstić information content (AvgIpc) is 2.91. The zero-order chi connectivity index (χ0) is 23.0. The molecule has 5 nitrogen and oxygen atoms in total. The van der Waals surface area contributed by atoms with Crippen LogP contribution in [0.4, 0.5) is 0 Å². The van der Waals surface area contributed by atoms with Gasteiger partial charge in [0.05, 0.1) is 12.5 Å². The van der Waals surface area contributed by atoms with Crippen molar-refractivity contribution in [2.45, 2.75) is 53.1 Å². The molecule has 2 heterocycles. The Balaban J connectivity index is 1.68. The van der Waals surface area contributed by atoms with Gasteiger partial charge >= 0.3 is 5.97 Å². The zero-order valence-electron chi connectivity index (χ0n) is 19.9. The van der Waals surface area contributed by atoms with E-state index in [9.17, 15) is 9.90 Å². The van der Waals surface area contributed by atoms with Crippen LogP contribution in [0.2, 0.25) is 0 Å². The highest BCUT2D eigenvalue weighted by Crippen LogP contribution is 2.48. The monoisotopic (exact) mass is 437 g/mol. The Hall–Kier alpha value is -2.53. The number of carboxylic acids is 1. The lowest BCUT2D eigenvalue weighted by Gasteiger charge is -2.39. The van der Waals surface area contributed by atoms with Crippen molar-refractivity contribution >= 4 is 5.97 Å². The number of fused-ring (bicyclic) bond motifs is 2. The summed E-state index contributed by atoms with van der Waals surface area (Å²) < 4.78 is 12.0. The zero-order valence-corrected chi connectivity index (χ0v) is 19.9. The number of likely N-dealkylation sites (tertiary alicyclic amines) is 1. The van der Waals surface area contributed by atoms with Crippen LogP contribution in [0.5, 0.6) is 11.5 Å². The molecule has 0 amide bonds. The van der Waals surface area contributed by atoms with Crippen molar-refractivity contribution < 1.29 is 19.4 Å². The number of aryl methyl sites for hydroxylation is 1. The van der Waals surface area contributed by atoms with E-state index in [2.05, 4.69) is 43.0 Å². The van der Waals surface area contributed by atoms with Gasteiger partial charge in [-0.1, -0.05) is 23.8 Å². The predicted octanol–water partition coefficient (Wildman–Crippen LogP) is 5.16. The Morgan fingerprint density at radius 2 is 1.91 bits per heavy atom. The van der Waals surface area contributed by atoms with Gasteiger partial charge in [0, 0.05) is 18.0 Å². The fraction of sp³-hybridized carbons (Fsp3) is 0.519. The highest BCUT2D eigenvalue weighted by atomic mass is 16.5. The number of ether oxygens (including phenoxy) is 2. The standard InChI is InChI=1S/C27H35NO4/c1-17-6-7-21-20(14-17)15-32-23-9-8-22(31-5)18(2)24(23)25(21)19-10-12-28(13-11-19)16-27(3,4)26(29)30/h6-9,14,19,25H,10-13,15-16H2,1-5H3,(H,29,30). The number of benzene rings is 2. The Bertz CT molecular complexity index is 1000. The molecule has 0 aromatic heterocycles. The van der Waals surface area contributed by atoms with Gasteiger partial charge in [-0.3, -0.25) is 4.79 Å². The molecule has 0 radical (unpaired) electrons. The maximum atomic E-state index is 11.6. The van der Waals surface area contributed by atoms with Crippen LogP contribution in [0.3, 0.4) is 0 Å². The molecular weight excluding hydrogens is 402 g/mol. The van der Waals surface area contributed by atoms with Gasteiger partial charge in [-0.25, -0.2) is 0 Å². The molecule has 1 N–H and O–H groups in total. The van der Waals surface area contributed by atoms with Crippen LogP contribution in [0.25, 0.3) is 0 Å². The lowest BCUT2D eigenvalue weighted by molar-refractivity contribution is -0.148. The van der Waals surface area contributed by atoms with E-state index in [-0.39, 0.29) is 5.92 Å². The summed E-state index contributed by atoms with van der Waals surface area (Å²) in [6.07, 6.45) is 2.06. The lowest BCUT2D eigenvalue weighted by Crippen LogP contribution is -2.43. The smallest absolute Gasteiger partial charge is 0.310 e. The van der Waals surface area contributed by atoms with Crippen LogP contribution in [0.15, 0.2) is 30.3 Å². The van der Waals surface area contributed by atoms with Gasteiger partial charge in [0.2, 0.25) is 0 Å². The quantitative estimate of drug-likeness (QED) is 0.700. The first kappa shape index (κ1) is 22.7. The second kappa shape index (κ2) is 8.78. The molecule has 1 atom stereocenters. The van der Waals surface area contributed by atoms with Crippen molar-refractivity contribution in [3.05, 3.63) is 58.1 Å². The number of methoxy groups -OCH3 is 1. The fourth-order valence-corrected chi connectivity index (χ4v) is 5.45. The first-order valence-electron chi connectivity index (χ1n) is 11.6. The molecule has 0 bridgehead atoms. The van der Waals surface area contributed by atoms with E-state index in [0.717, 1.165) is 43.0 Å². The number of hydrogen-bond acceptors (Lipinski definition) is 4. The average molecular weight is 438 g/mol. The van der Waals surface area contributed by atoms with Crippen molar-refractivity contribution in [3.63, 3.8) is 0 Å². The molecule has 2 aromatic rings. The van der Waals surface area contributed by atoms with E-state index in [1.54, 1.807) is 7.11 Å². The third-order valence-corrected chi connectivity index (χ3v) is 7.27. The summed E-state index contributed by atoms with van der Waals surface area (Å²) >= 11 is 0. The van der Waals surface area contributed by atoms with Crippen molar-refractivity contribution in [2.24, 2.45) is 11.3 Å². The minimum Gasteiger partial charge on any atom is -0.496 e. The Kier molecular flexibility index (Phi) is 6.22. The number of aliphatic carboxylic acids is 1. The third kappa shape index (κ3) is 4.23. The summed E-state index contributed by atoms with van der Waals surface area (Å²) in [6.45, 7) is 10.9. The first-order chi connectivity index (χ1) is 15.2. The Labute approximate surface area is 191 Å². The second-order valence-electron chi connectivity index (χ2n) is 10.1.